The van der Waals surface area contributed by atoms with Gasteiger partial charge < -0.3 is 4.90 Å². The Morgan fingerprint density at radius 1 is 1.40 bits per heavy atom. The van der Waals surface area contributed by atoms with Gasteiger partial charge in [-0.2, -0.15) is 0 Å². The SMILES string of the molecule is CCN(CC)C(=O)C1CC(C)CCC1=O. The molecule has 1 rings (SSSR count). The molecule has 0 radical (unpaired) electrons. The summed E-state index contributed by atoms with van der Waals surface area (Å²) in [6.45, 7) is 7.44. The smallest absolute Gasteiger partial charge is 0.233 e. The van der Waals surface area contributed by atoms with Crippen LogP contribution in [0.4, 0.5) is 0 Å². The Balaban J connectivity index is 2.67. The van der Waals surface area contributed by atoms with E-state index in [2.05, 4.69) is 6.92 Å². The molecule has 2 atom stereocenters. The number of amides is 1. The number of Topliss-reactive ketones (excluding diaryl/α,β-unsaturated/α-hetero) is 1. The molecule has 2 unspecified atom stereocenters. The van der Waals surface area contributed by atoms with Crippen molar-refractivity contribution in [3.63, 3.8) is 0 Å². The van der Waals surface area contributed by atoms with Crippen LogP contribution in [0.15, 0.2) is 0 Å². The fourth-order valence-corrected chi connectivity index (χ4v) is 2.21. The highest BCUT2D eigenvalue weighted by Gasteiger charge is 2.33. The minimum atomic E-state index is -0.353. The summed E-state index contributed by atoms with van der Waals surface area (Å²) in [4.78, 5) is 25.5. The molecule has 3 nitrogen and oxygen atoms in total. The topological polar surface area (TPSA) is 37.4 Å². The lowest BCUT2D eigenvalue weighted by Gasteiger charge is -2.29. The van der Waals surface area contributed by atoms with Crippen molar-refractivity contribution in [2.24, 2.45) is 11.8 Å². The maximum Gasteiger partial charge on any atom is 0.233 e. The van der Waals surface area contributed by atoms with E-state index in [-0.39, 0.29) is 17.6 Å². The van der Waals surface area contributed by atoms with E-state index in [1.807, 2.05) is 13.8 Å². The number of carbonyl (C=O) groups is 2. The third-order valence-corrected chi connectivity index (χ3v) is 3.28. The van der Waals surface area contributed by atoms with Crippen molar-refractivity contribution in [1.82, 2.24) is 4.90 Å². The fraction of sp³-hybridized carbons (Fsp3) is 0.833. The lowest BCUT2D eigenvalue weighted by molar-refractivity contribution is -0.143. The van der Waals surface area contributed by atoms with Crippen LogP contribution in [0.1, 0.15) is 40.0 Å². The standard InChI is InChI=1S/C12H21NO2/c1-4-13(5-2)12(15)10-8-9(3)6-7-11(10)14/h9-10H,4-8H2,1-3H3. The second kappa shape index (κ2) is 5.29. The summed E-state index contributed by atoms with van der Waals surface area (Å²) in [7, 11) is 0. The van der Waals surface area contributed by atoms with Gasteiger partial charge in [0.1, 0.15) is 5.78 Å². The zero-order chi connectivity index (χ0) is 11.4. The Labute approximate surface area is 91.8 Å². The third kappa shape index (κ3) is 2.80. The van der Waals surface area contributed by atoms with Gasteiger partial charge in [0.2, 0.25) is 5.91 Å². The Morgan fingerprint density at radius 3 is 2.53 bits per heavy atom. The molecular formula is C12H21NO2. The van der Waals surface area contributed by atoms with Gasteiger partial charge in [-0.15, -0.1) is 0 Å². The van der Waals surface area contributed by atoms with Crippen molar-refractivity contribution < 1.29 is 9.59 Å². The molecule has 0 bridgehead atoms. The van der Waals surface area contributed by atoms with E-state index >= 15 is 0 Å². The number of carbonyl (C=O) groups excluding carboxylic acids is 2. The average molecular weight is 211 g/mol. The van der Waals surface area contributed by atoms with Gasteiger partial charge in [0.25, 0.3) is 0 Å². The maximum absolute atomic E-state index is 12.0. The Hall–Kier alpha value is -0.860. The van der Waals surface area contributed by atoms with E-state index in [0.717, 1.165) is 12.8 Å². The van der Waals surface area contributed by atoms with E-state index in [9.17, 15) is 9.59 Å². The highest BCUT2D eigenvalue weighted by atomic mass is 16.2. The Kier molecular flexibility index (Phi) is 4.30. The molecule has 1 aliphatic carbocycles. The van der Waals surface area contributed by atoms with E-state index in [0.29, 0.717) is 25.4 Å². The first-order chi connectivity index (χ1) is 7.10. The van der Waals surface area contributed by atoms with Crippen molar-refractivity contribution >= 4 is 11.7 Å². The predicted octanol–water partition coefficient (Wildman–Crippen LogP) is 1.86. The maximum atomic E-state index is 12.0. The second-order valence-corrected chi connectivity index (χ2v) is 4.41. The van der Waals surface area contributed by atoms with Crippen LogP contribution < -0.4 is 0 Å². The Bertz CT molecular complexity index is 246. The molecule has 0 heterocycles. The zero-order valence-electron chi connectivity index (χ0n) is 9.95. The molecule has 0 spiro atoms. The van der Waals surface area contributed by atoms with Gasteiger partial charge in [-0.1, -0.05) is 6.92 Å². The lowest BCUT2D eigenvalue weighted by atomic mass is 9.80. The van der Waals surface area contributed by atoms with E-state index in [4.69, 9.17) is 0 Å². The van der Waals surface area contributed by atoms with Crippen LogP contribution in [0, 0.1) is 11.8 Å². The fourth-order valence-electron chi connectivity index (χ4n) is 2.21. The molecule has 3 heteroatoms. The molecule has 0 aliphatic heterocycles. The molecule has 0 saturated heterocycles. The minimum absolute atomic E-state index is 0.0385. The summed E-state index contributed by atoms with van der Waals surface area (Å²) in [6.07, 6.45) is 2.27. The number of hydrogen-bond donors (Lipinski definition) is 0. The normalized spacial score (nSPS) is 26.5. The van der Waals surface area contributed by atoms with Crippen LogP contribution in [0.2, 0.25) is 0 Å². The summed E-state index contributed by atoms with van der Waals surface area (Å²) in [6, 6.07) is 0. The number of ketones is 1. The lowest BCUT2D eigenvalue weighted by Crippen LogP contribution is -2.41. The second-order valence-electron chi connectivity index (χ2n) is 4.41. The molecule has 0 aromatic carbocycles. The van der Waals surface area contributed by atoms with Gasteiger partial charge in [-0.25, -0.2) is 0 Å². The van der Waals surface area contributed by atoms with Gasteiger partial charge in [0.05, 0.1) is 5.92 Å². The molecule has 1 aliphatic rings. The van der Waals surface area contributed by atoms with Crippen LogP contribution in [-0.2, 0) is 9.59 Å². The van der Waals surface area contributed by atoms with Crippen LogP contribution >= 0.6 is 0 Å². The van der Waals surface area contributed by atoms with E-state index in [1.54, 1.807) is 4.90 Å². The molecule has 0 aromatic rings. The first-order valence-corrected chi connectivity index (χ1v) is 5.91. The minimum Gasteiger partial charge on any atom is -0.343 e. The van der Waals surface area contributed by atoms with Crippen LogP contribution in [0.25, 0.3) is 0 Å². The van der Waals surface area contributed by atoms with Crippen molar-refractivity contribution in [3.05, 3.63) is 0 Å². The third-order valence-electron chi connectivity index (χ3n) is 3.28. The van der Waals surface area contributed by atoms with Crippen molar-refractivity contribution in [2.75, 3.05) is 13.1 Å². The van der Waals surface area contributed by atoms with Gasteiger partial charge in [0.15, 0.2) is 0 Å². The number of nitrogens with zero attached hydrogens (tertiary/aromatic N) is 1. The molecule has 15 heavy (non-hydrogen) atoms. The quantitative estimate of drug-likeness (QED) is 0.668. The molecule has 1 fully saturated rings. The van der Waals surface area contributed by atoms with Crippen LogP contribution in [-0.4, -0.2) is 29.7 Å². The number of hydrogen-bond acceptors (Lipinski definition) is 2. The van der Waals surface area contributed by atoms with Crippen molar-refractivity contribution in [2.45, 2.75) is 40.0 Å². The first kappa shape index (κ1) is 12.2. The summed E-state index contributed by atoms with van der Waals surface area (Å²) in [5.74, 6) is 0.336. The molecular weight excluding hydrogens is 190 g/mol. The van der Waals surface area contributed by atoms with E-state index < -0.39 is 0 Å². The molecule has 1 saturated carbocycles. The molecule has 0 aromatic heterocycles. The highest BCUT2D eigenvalue weighted by Crippen LogP contribution is 2.27. The summed E-state index contributed by atoms with van der Waals surface area (Å²) < 4.78 is 0. The predicted molar refractivity (Wildman–Crippen MR) is 59.4 cm³/mol. The molecule has 1 amide bonds. The van der Waals surface area contributed by atoms with Gasteiger partial charge in [0, 0.05) is 19.5 Å². The average Bonchev–Trinajstić information content (AvgIpc) is 2.23. The summed E-state index contributed by atoms with van der Waals surface area (Å²) in [5.41, 5.74) is 0. The van der Waals surface area contributed by atoms with Crippen molar-refractivity contribution in [1.29, 1.82) is 0 Å². The van der Waals surface area contributed by atoms with E-state index in [1.165, 1.54) is 0 Å². The van der Waals surface area contributed by atoms with Crippen LogP contribution in [0.3, 0.4) is 0 Å². The zero-order valence-corrected chi connectivity index (χ0v) is 9.95. The summed E-state index contributed by atoms with van der Waals surface area (Å²) >= 11 is 0. The summed E-state index contributed by atoms with van der Waals surface area (Å²) in [5, 5.41) is 0. The van der Waals surface area contributed by atoms with Gasteiger partial charge >= 0.3 is 0 Å². The highest BCUT2D eigenvalue weighted by molar-refractivity contribution is 6.01. The first-order valence-electron chi connectivity index (χ1n) is 5.91. The van der Waals surface area contributed by atoms with Gasteiger partial charge in [-0.3, -0.25) is 9.59 Å². The largest absolute Gasteiger partial charge is 0.343 e. The molecule has 0 N–H and O–H groups in total. The Morgan fingerprint density at radius 2 is 2.00 bits per heavy atom. The van der Waals surface area contributed by atoms with Gasteiger partial charge in [-0.05, 0) is 32.6 Å². The monoisotopic (exact) mass is 211 g/mol. The molecule has 86 valence electrons. The van der Waals surface area contributed by atoms with Crippen molar-refractivity contribution in [3.8, 4) is 0 Å². The number of rotatable bonds is 3. The van der Waals surface area contributed by atoms with Crippen LogP contribution in [0.5, 0.6) is 0 Å².